The SMILES string of the molecule is CSCC(=O)N1CCC[C@@H](c2cc(C(F)(F)F)n[nH]2)C1. The quantitative estimate of drug-likeness (QED) is 0.933. The molecular formula is C12H16F3N3OS. The minimum absolute atomic E-state index is 0.0396. The lowest BCUT2D eigenvalue weighted by Gasteiger charge is -2.32. The predicted molar refractivity (Wildman–Crippen MR) is 70.5 cm³/mol. The van der Waals surface area contributed by atoms with Gasteiger partial charge in [-0.3, -0.25) is 9.89 Å². The number of piperidine rings is 1. The molecule has 2 heterocycles. The predicted octanol–water partition coefficient (Wildman–Crippen LogP) is 2.50. The van der Waals surface area contributed by atoms with Gasteiger partial charge in [0.1, 0.15) is 0 Å². The largest absolute Gasteiger partial charge is 0.435 e. The molecule has 0 unspecified atom stereocenters. The van der Waals surface area contributed by atoms with Crippen molar-refractivity contribution in [3.8, 4) is 0 Å². The van der Waals surface area contributed by atoms with Crippen molar-refractivity contribution >= 4 is 17.7 Å². The number of nitrogens with one attached hydrogen (secondary N) is 1. The number of thioether (sulfide) groups is 1. The molecule has 1 saturated heterocycles. The number of alkyl halides is 3. The minimum atomic E-state index is -4.43. The number of likely N-dealkylation sites (tertiary alicyclic amines) is 1. The number of nitrogens with zero attached hydrogens (tertiary/aromatic N) is 2. The Hall–Kier alpha value is -1.18. The van der Waals surface area contributed by atoms with E-state index in [1.165, 1.54) is 11.8 Å². The summed E-state index contributed by atoms with van der Waals surface area (Å²) in [6.07, 6.45) is -1.02. The molecule has 20 heavy (non-hydrogen) atoms. The normalized spacial score (nSPS) is 20.2. The number of amides is 1. The van der Waals surface area contributed by atoms with Crippen LogP contribution in [0.4, 0.5) is 13.2 Å². The molecular weight excluding hydrogens is 291 g/mol. The van der Waals surface area contributed by atoms with E-state index in [9.17, 15) is 18.0 Å². The first-order valence-electron chi connectivity index (χ1n) is 6.31. The van der Waals surface area contributed by atoms with Crippen LogP contribution in [0.5, 0.6) is 0 Å². The summed E-state index contributed by atoms with van der Waals surface area (Å²) in [6, 6.07) is 1.05. The van der Waals surface area contributed by atoms with Crippen LogP contribution in [0.25, 0.3) is 0 Å². The maximum absolute atomic E-state index is 12.5. The first kappa shape index (κ1) is 15.2. The van der Waals surface area contributed by atoms with E-state index in [-0.39, 0.29) is 11.8 Å². The zero-order valence-electron chi connectivity index (χ0n) is 11.0. The standard InChI is InChI=1S/C12H16F3N3OS/c1-20-7-11(19)18-4-2-3-8(6-18)9-5-10(17-16-9)12(13,14)15/h5,8H,2-4,6-7H2,1H3,(H,16,17)/t8-/m1/s1. The summed E-state index contributed by atoms with van der Waals surface area (Å²) in [6.45, 7) is 1.13. The number of H-pyrrole nitrogens is 1. The second kappa shape index (κ2) is 6.07. The van der Waals surface area contributed by atoms with Crippen molar-refractivity contribution in [2.75, 3.05) is 25.1 Å². The number of hydrogen-bond donors (Lipinski definition) is 1. The second-order valence-corrected chi connectivity index (χ2v) is 5.68. The van der Waals surface area contributed by atoms with Gasteiger partial charge >= 0.3 is 6.18 Å². The molecule has 0 radical (unpaired) electrons. The van der Waals surface area contributed by atoms with Crippen molar-refractivity contribution in [3.63, 3.8) is 0 Å². The Morgan fingerprint density at radius 3 is 2.95 bits per heavy atom. The molecule has 0 aromatic carbocycles. The number of hydrogen-bond acceptors (Lipinski definition) is 3. The maximum Gasteiger partial charge on any atom is 0.435 e. The van der Waals surface area contributed by atoms with Gasteiger partial charge in [0.25, 0.3) is 0 Å². The van der Waals surface area contributed by atoms with Crippen LogP contribution >= 0.6 is 11.8 Å². The Morgan fingerprint density at radius 1 is 1.60 bits per heavy atom. The van der Waals surface area contributed by atoms with Crippen LogP contribution in [0.2, 0.25) is 0 Å². The lowest BCUT2D eigenvalue weighted by Crippen LogP contribution is -2.40. The molecule has 1 aromatic rings. The highest BCUT2D eigenvalue weighted by Crippen LogP contribution is 2.32. The number of aromatic nitrogens is 2. The lowest BCUT2D eigenvalue weighted by atomic mass is 9.94. The Kier molecular flexibility index (Phi) is 4.62. The van der Waals surface area contributed by atoms with E-state index in [4.69, 9.17) is 0 Å². The minimum Gasteiger partial charge on any atom is -0.341 e. The van der Waals surface area contributed by atoms with E-state index in [1.54, 1.807) is 4.90 Å². The second-order valence-electron chi connectivity index (χ2n) is 4.82. The topological polar surface area (TPSA) is 49.0 Å². The summed E-state index contributed by atoms with van der Waals surface area (Å²) in [5.74, 6) is 0.347. The molecule has 1 fully saturated rings. The van der Waals surface area contributed by atoms with E-state index in [2.05, 4.69) is 10.2 Å². The van der Waals surface area contributed by atoms with Crippen LogP contribution in [0.1, 0.15) is 30.1 Å². The van der Waals surface area contributed by atoms with E-state index in [0.717, 1.165) is 18.9 Å². The molecule has 1 aliphatic heterocycles. The van der Waals surface area contributed by atoms with Gasteiger partial charge in [-0.25, -0.2) is 0 Å². The van der Waals surface area contributed by atoms with Gasteiger partial charge in [0, 0.05) is 24.7 Å². The van der Waals surface area contributed by atoms with Gasteiger partial charge in [-0.2, -0.15) is 30.0 Å². The molecule has 1 N–H and O–H groups in total. The fourth-order valence-electron chi connectivity index (χ4n) is 2.36. The average Bonchev–Trinajstić information content (AvgIpc) is 2.89. The van der Waals surface area contributed by atoms with E-state index < -0.39 is 11.9 Å². The molecule has 0 spiro atoms. The molecule has 8 heteroatoms. The molecule has 0 bridgehead atoms. The fraction of sp³-hybridized carbons (Fsp3) is 0.667. The Bertz CT molecular complexity index is 475. The number of halogens is 3. The highest BCUT2D eigenvalue weighted by Gasteiger charge is 2.35. The third-order valence-corrected chi connectivity index (χ3v) is 3.91. The van der Waals surface area contributed by atoms with Gasteiger partial charge in [0.15, 0.2) is 5.69 Å². The van der Waals surface area contributed by atoms with Gasteiger partial charge in [-0.1, -0.05) is 0 Å². The summed E-state index contributed by atoms with van der Waals surface area (Å²) in [5.41, 5.74) is -0.445. The third-order valence-electron chi connectivity index (χ3n) is 3.37. The van der Waals surface area contributed by atoms with Gasteiger partial charge < -0.3 is 4.90 Å². The third kappa shape index (κ3) is 3.47. The van der Waals surface area contributed by atoms with E-state index >= 15 is 0 Å². The molecule has 1 aliphatic rings. The highest BCUT2D eigenvalue weighted by atomic mass is 32.2. The maximum atomic E-state index is 12.5. The first-order chi connectivity index (χ1) is 9.41. The number of carbonyl (C=O) groups is 1. The smallest absolute Gasteiger partial charge is 0.341 e. The van der Waals surface area contributed by atoms with E-state index in [0.29, 0.717) is 24.5 Å². The molecule has 1 amide bonds. The van der Waals surface area contributed by atoms with Crippen LogP contribution in [0.3, 0.4) is 0 Å². The monoisotopic (exact) mass is 307 g/mol. The van der Waals surface area contributed by atoms with Gasteiger partial charge in [0.05, 0.1) is 5.75 Å². The summed E-state index contributed by atoms with van der Waals surface area (Å²) < 4.78 is 37.6. The van der Waals surface area contributed by atoms with Crippen molar-refractivity contribution in [1.29, 1.82) is 0 Å². The van der Waals surface area contributed by atoms with Gasteiger partial charge in [0.2, 0.25) is 5.91 Å². The summed E-state index contributed by atoms with van der Waals surface area (Å²) in [4.78, 5) is 13.6. The molecule has 112 valence electrons. The molecule has 0 saturated carbocycles. The number of rotatable bonds is 3. The van der Waals surface area contributed by atoms with Crippen molar-refractivity contribution in [2.45, 2.75) is 24.9 Å². The molecule has 0 aliphatic carbocycles. The molecule has 2 rings (SSSR count). The Balaban J connectivity index is 2.05. The van der Waals surface area contributed by atoms with Crippen molar-refractivity contribution in [3.05, 3.63) is 17.5 Å². The number of carbonyl (C=O) groups excluding carboxylic acids is 1. The van der Waals surface area contributed by atoms with Gasteiger partial charge in [-0.15, -0.1) is 0 Å². The summed E-state index contributed by atoms with van der Waals surface area (Å²) >= 11 is 1.45. The fourth-order valence-corrected chi connectivity index (χ4v) is 2.79. The zero-order valence-corrected chi connectivity index (χ0v) is 11.9. The zero-order chi connectivity index (χ0) is 14.8. The van der Waals surface area contributed by atoms with E-state index in [1.807, 2.05) is 6.26 Å². The van der Waals surface area contributed by atoms with Crippen molar-refractivity contribution in [1.82, 2.24) is 15.1 Å². The van der Waals surface area contributed by atoms with Crippen LogP contribution < -0.4 is 0 Å². The summed E-state index contributed by atoms with van der Waals surface area (Å²) in [5, 5.41) is 5.77. The molecule has 1 atom stereocenters. The highest BCUT2D eigenvalue weighted by molar-refractivity contribution is 7.99. The van der Waals surface area contributed by atoms with Crippen molar-refractivity contribution in [2.24, 2.45) is 0 Å². The summed E-state index contributed by atoms with van der Waals surface area (Å²) in [7, 11) is 0. The Morgan fingerprint density at radius 2 is 2.35 bits per heavy atom. The Labute approximate surface area is 119 Å². The van der Waals surface area contributed by atoms with Crippen LogP contribution in [0, 0.1) is 0 Å². The molecule has 4 nitrogen and oxygen atoms in total. The number of aromatic amines is 1. The molecule has 1 aromatic heterocycles. The lowest BCUT2D eigenvalue weighted by molar-refractivity contribution is -0.141. The van der Waals surface area contributed by atoms with Crippen LogP contribution in [-0.4, -0.2) is 46.1 Å². The average molecular weight is 307 g/mol. The van der Waals surface area contributed by atoms with Crippen LogP contribution in [0.15, 0.2) is 6.07 Å². The van der Waals surface area contributed by atoms with Crippen molar-refractivity contribution < 1.29 is 18.0 Å². The van der Waals surface area contributed by atoms with Gasteiger partial charge in [-0.05, 0) is 25.2 Å². The first-order valence-corrected chi connectivity index (χ1v) is 7.70. The van der Waals surface area contributed by atoms with Crippen LogP contribution in [-0.2, 0) is 11.0 Å².